The molecule has 106 valence electrons. The van der Waals surface area contributed by atoms with Gasteiger partial charge in [-0.2, -0.15) is 10.3 Å². The number of alkyl halides is 1. The van der Waals surface area contributed by atoms with E-state index in [4.69, 9.17) is 16.3 Å². The first-order valence-corrected chi connectivity index (χ1v) is 6.58. The number of ether oxygens (including phenoxy) is 1. The number of rotatable bonds is 4. The minimum Gasteiger partial charge on any atom is -0.507 e. The number of phenolic OH excluding ortho intramolecular Hbond substituents is 1. The molecule has 1 aromatic heterocycles. The third-order valence-corrected chi connectivity index (χ3v) is 3.04. The molecule has 20 heavy (non-hydrogen) atoms. The predicted molar refractivity (Wildman–Crippen MR) is 73.7 cm³/mol. The molecular formula is C13H14ClN3O3. The Hall–Kier alpha value is -2.08. The van der Waals surface area contributed by atoms with Crippen LogP contribution in [0.3, 0.4) is 0 Å². The molecule has 0 aliphatic heterocycles. The molecule has 2 N–H and O–H groups in total. The number of phenols is 1. The van der Waals surface area contributed by atoms with E-state index in [0.29, 0.717) is 11.1 Å². The highest BCUT2D eigenvalue weighted by Crippen LogP contribution is 2.34. The fourth-order valence-electron chi connectivity index (χ4n) is 1.90. The van der Waals surface area contributed by atoms with Crippen molar-refractivity contribution >= 4 is 17.6 Å². The van der Waals surface area contributed by atoms with Gasteiger partial charge in [-0.15, -0.1) is 16.7 Å². The van der Waals surface area contributed by atoms with Gasteiger partial charge in [0.15, 0.2) is 5.69 Å². The zero-order chi connectivity index (χ0) is 14.7. The van der Waals surface area contributed by atoms with Crippen LogP contribution in [0.2, 0.25) is 0 Å². The van der Waals surface area contributed by atoms with Crippen LogP contribution in [-0.4, -0.2) is 33.1 Å². The summed E-state index contributed by atoms with van der Waals surface area (Å²) in [7, 11) is 0. The van der Waals surface area contributed by atoms with Gasteiger partial charge in [0.05, 0.1) is 12.5 Å². The van der Waals surface area contributed by atoms with Crippen LogP contribution < -0.4 is 0 Å². The Morgan fingerprint density at radius 3 is 2.85 bits per heavy atom. The van der Waals surface area contributed by atoms with E-state index in [1.807, 2.05) is 6.92 Å². The maximum atomic E-state index is 11.8. The molecule has 0 amide bonds. The second-order valence-electron chi connectivity index (χ2n) is 4.20. The van der Waals surface area contributed by atoms with E-state index >= 15 is 0 Å². The average Bonchev–Trinajstić information content (AvgIpc) is 2.90. The molecule has 1 heterocycles. The van der Waals surface area contributed by atoms with Crippen LogP contribution >= 0.6 is 11.6 Å². The van der Waals surface area contributed by atoms with E-state index in [-0.39, 0.29) is 29.6 Å². The zero-order valence-electron chi connectivity index (χ0n) is 11.1. The number of H-pyrrole nitrogens is 1. The number of aromatic amines is 1. The van der Waals surface area contributed by atoms with Crippen LogP contribution in [0.1, 0.15) is 28.5 Å². The molecule has 0 saturated heterocycles. The molecule has 2 aromatic rings. The Balaban J connectivity index is 2.55. The lowest BCUT2D eigenvalue weighted by Gasteiger charge is -2.09. The van der Waals surface area contributed by atoms with Crippen LogP contribution in [0.25, 0.3) is 11.3 Å². The monoisotopic (exact) mass is 295 g/mol. The van der Waals surface area contributed by atoms with E-state index < -0.39 is 5.97 Å². The first-order valence-electron chi connectivity index (χ1n) is 6.05. The van der Waals surface area contributed by atoms with E-state index in [2.05, 4.69) is 15.4 Å². The van der Waals surface area contributed by atoms with Crippen molar-refractivity contribution in [1.29, 1.82) is 0 Å². The third kappa shape index (κ3) is 2.60. The van der Waals surface area contributed by atoms with Gasteiger partial charge in [0.2, 0.25) is 0 Å². The Morgan fingerprint density at radius 1 is 1.45 bits per heavy atom. The van der Waals surface area contributed by atoms with Crippen LogP contribution in [0.4, 0.5) is 0 Å². The second kappa shape index (κ2) is 5.92. The first-order chi connectivity index (χ1) is 9.58. The summed E-state index contributed by atoms with van der Waals surface area (Å²) in [5, 5.41) is 20.3. The lowest BCUT2D eigenvalue weighted by molar-refractivity contribution is 0.0520. The van der Waals surface area contributed by atoms with Gasteiger partial charge in [0, 0.05) is 11.1 Å². The van der Waals surface area contributed by atoms with E-state index in [1.165, 1.54) is 0 Å². The number of hydrogen-bond acceptors (Lipinski definition) is 5. The quantitative estimate of drug-likeness (QED) is 0.668. The van der Waals surface area contributed by atoms with Crippen LogP contribution in [-0.2, 0) is 10.6 Å². The number of esters is 1. The molecule has 0 spiro atoms. The molecule has 0 unspecified atom stereocenters. The summed E-state index contributed by atoms with van der Waals surface area (Å²) in [4.78, 5) is 11.8. The standard InChI is InChI=1S/C13H14ClN3O3/c1-3-20-13(19)11-10(15-17-16-11)9-5-7(2)4-8(6-14)12(9)18/h4-5,18H,3,6H2,1-2H3,(H,15,16,17). The molecule has 0 atom stereocenters. The van der Waals surface area contributed by atoms with Gasteiger partial charge in [-0.25, -0.2) is 4.79 Å². The molecule has 0 saturated carbocycles. The summed E-state index contributed by atoms with van der Waals surface area (Å²) in [5.41, 5.74) is 2.15. The highest BCUT2D eigenvalue weighted by molar-refractivity contribution is 6.17. The van der Waals surface area contributed by atoms with Crippen molar-refractivity contribution in [1.82, 2.24) is 15.4 Å². The molecule has 6 nitrogen and oxygen atoms in total. The molecule has 0 fully saturated rings. The van der Waals surface area contributed by atoms with Gasteiger partial charge in [-0.3, -0.25) is 0 Å². The number of benzene rings is 1. The number of carbonyl (C=O) groups is 1. The van der Waals surface area contributed by atoms with E-state index in [9.17, 15) is 9.90 Å². The normalized spacial score (nSPS) is 10.6. The Labute approximate surface area is 120 Å². The van der Waals surface area contributed by atoms with Crippen molar-refractivity contribution in [3.63, 3.8) is 0 Å². The second-order valence-corrected chi connectivity index (χ2v) is 4.46. The summed E-state index contributed by atoms with van der Waals surface area (Å²) in [5.74, 6) is -0.442. The number of halogens is 1. The zero-order valence-corrected chi connectivity index (χ0v) is 11.9. The van der Waals surface area contributed by atoms with E-state index in [1.54, 1.807) is 19.1 Å². The third-order valence-electron chi connectivity index (χ3n) is 2.75. The molecule has 1 aromatic carbocycles. The molecule has 0 aliphatic rings. The number of nitrogens with one attached hydrogen (secondary N) is 1. The summed E-state index contributed by atoms with van der Waals surface area (Å²) in [6.45, 7) is 3.80. The van der Waals surface area contributed by atoms with Gasteiger partial charge >= 0.3 is 5.97 Å². The lowest BCUT2D eigenvalue weighted by atomic mass is 10.0. The molecular weight excluding hydrogens is 282 g/mol. The van der Waals surface area contributed by atoms with Gasteiger partial charge in [0.25, 0.3) is 0 Å². The molecule has 7 heteroatoms. The van der Waals surface area contributed by atoms with Crippen LogP contribution in [0.15, 0.2) is 12.1 Å². The van der Waals surface area contributed by atoms with Crippen LogP contribution in [0, 0.1) is 6.92 Å². The minimum absolute atomic E-state index is 0.00921. The van der Waals surface area contributed by atoms with Crippen molar-refractivity contribution in [2.45, 2.75) is 19.7 Å². The Bertz CT molecular complexity index is 640. The van der Waals surface area contributed by atoms with Crippen molar-refractivity contribution in [2.24, 2.45) is 0 Å². The van der Waals surface area contributed by atoms with Gasteiger partial charge in [0.1, 0.15) is 11.4 Å². The van der Waals surface area contributed by atoms with Crippen LogP contribution in [0.5, 0.6) is 5.75 Å². The van der Waals surface area contributed by atoms with E-state index in [0.717, 1.165) is 5.56 Å². The topological polar surface area (TPSA) is 88.1 Å². The largest absolute Gasteiger partial charge is 0.507 e. The van der Waals surface area contributed by atoms with Crippen molar-refractivity contribution in [3.8, 4) is 17.0 Å². The maximum Gasteiger partial charge on any atom is 0.361 e. The summed E-state index contributed by atoms with van der Waals surface area (Å²) < 4.78 is 4.91. The molecule has 0 radical (unpaired) electrons. The Morgan fingerprint density at radius 2 is 2.20 bits per heavy atom. The molecule has 0 aliphatic carbocycles. The van der Waals surface area contributed by atoms with Gasteiger partial charge in [-0.1, -0.05) is 6.07 Å². The summed E-state index contributed by atoms with van der Waals surface area (Å²) >= 11 is 5.79. The maximum absolute atomic E-state index is 11.8. The molecule has 2 rings (SSSR count). The smallest absolute Gasteiger partial charge is 0.361 e. The number of aromatic nitrogens is 3. The summed E-state index contributed by atoms with van der Waals surface area (Å²) in [6.07, 6.45) is 0. The lowest BCUT2D eigenvalue weighted by Crippen LogP contribution is -2.07. The number of aromatic hydroxyl groups is 1. The van der Waals surface area contributed by atoms with Crippen molar-refractivity contribution < 1.29 is 14.6 Å². The number of hydrogen-bond donors (Lipinski definition) is 2. The highest BCUT2D eigenvalue weighted by Gasteiger charge is 2.22. The summed E-state index contributed by atoms with van der Waals surface area (Å²) in [6, 6.07) is 3.49. The highest BCUT2D eigenvalue weighted by atomic mass is 35.5. The van der Waals surface area contributed by atoms with Gasteiger partial charge < -0.3 is 9.84 Å². The van der Waals surface area contributed by atoms with Crippen molar-refractivity contribution in [2.75, 3.05) is 6.61 Å². The predicted octanol–water partition coefficient (Wildman–Crippen LogP) is 2.40. The van der Waals surface area contributed by atoms with Gasteiger partial charge in [-0.05, 0) is 25.5 Å². The van der Waals surface area contributed by atoms with Crippen molar-refractivity contribution in [3.05, 3.63) is 29.0 Å². The Kier molecular flexibility index (Phi) is 4.24. The SMILES string of the molecule is CCOC(=O)c1n[nH]nc1-c1cc(C)cc(CCl)c1O. The number of carbonyl (C=O) groups excluding carboxylic acids is 1. The minimum atomic E-state index is -0.593. The average molecular weight is 296 g/mol. The number of nitrogens with zero attached hydrogens (tertiary/aromatic N) is 2. The number of aryl methyl sites for hydroxylation is 1. The molecule has 0 bridgehead atoms. The fourth-order valence-corrected chi connectivity index (χ4v) is 2.10. The first kappa shape index (κ1) is 14.3. The fraction of sp³-hybridized carbons (Fsp3) is 0.308.